The molecule has 6 nitrogen and oxygen atoms in total. The molecule has 4 rings (SSSR count). The van der Waals surface area contributed by atoms with Gasteiger partial charge in [-0.1, -0.05) is 30.3 Å². The predicted molar refractivity (Wildman–Crippen MR) is 136 cm³/mol. The SMILES string of the molecule is C[C@@H](NC(=O)c1cncc(-c2ccn(C)c(=O)c2)c1)c1ccc(-c2cc(C(F)(F)F)ccc2CN)cc1. The number of amides is 1. The lowest BCUT2D eigenvalue weighted by Gasteiger charge is -2.16. The summed E-state index contributed by atoms with van der Waals surface area (Å²) in [5.74, 6) is -0.349. The molecule has 1 atom stereocenters. The van der Waals surface area contributed by atoms with Gasteiger partial charge in [-0.2, -0.15) is 13.2 Å². The maximum absolute atomic E-state index is 13.2. The lowest BCUT2D eigenvalue weighted by atomic mass is 9.95. The van der Waals surface area contributed by atoms with Crippen LogP contribution in [0.5, 0.6) is 0 Å². The predicted octanol–water partition coefficient (Wildman–Crippen LogP) is 5.08. The minimum absolute atomic E-state index is 0.104. The van der Waals surface area contributed by atoms with Gasteiger partial charge in [0.1, 0.15) is 0 Å². The number of carbonyl (C=O) groups is 1. The smallest absolute Gasteiger partial charge is 0.345 e. The van der Waals surface area contributed by atoms with Gasteiger partial charge in [-0.3, -0.25) is 14.6 Å². The Balaban J connectivity index is 1.52. The zero-order chi connectivity index (χ0) is 26.7. The number of carbonyl (C=O) groups excluding carboxylic acids is 1. The molecule has 2 aromatic carbocycles. The highest BCUT2D eigenvalue weighted by molar-refractivity contribution is 5.95. The molecule has 37 heavy (non-hydrogen) atoms. The van der Waals surface area contributed by atoms with Gasteiger partial charge in [-0.05, 0) is 59.0 Å². The zero-order valence-corrected chi connectivity index (χ0v) is 20.2. The summed E-state index contributed by atoms with van der Waals surface area (Å²) in [6.07, 6.45) is 0.212. The van der Waals surface area contributed by atoms with Gasteiger partial charge >= 0.3 is 6.18 Å². The third-order valence-electron chi connectivity index (χ3n) is 6.16. The van der Waals surface area contributed by atoms with E-state index in [2.05, 4.69) is 10.3 Å². The molecule has 0 bridgehead atoms. The van der Waals surface area contributed by atoms with Crippen molar-refractivity contribution in [3.8, 4) is 22.3 Å². The Labute approximate surface area is 211 Å². The van der Waals surface area contributed by atoms with Gasteiger partial charge in [0, 0.05) is 43.8 Å². The van der Waals surface area contributed by atoms with Crippen molar-refractivity contribution in [1.29, 1.82) is 0 Å². The van der Waals surface area contributed by atoms with Crippen molar-refractivity contribution in [2.45, 2.75) is 25.7 Å². The van der Waals surface area contributed by atoms with E-state index in [4.69, 9.17) is 5.73 Å². The number of benzene rings is 2. The van der Waals surface area contributed by atoms with Crippen LogP contribution in [-0.2, 0) is 19.8 Å². The Morgan fingerprint density at radius 1 is 1.00 bits per heavy atom. The number of halogens is 3. The van der Waals surface area contributed by atoms with Crippen molar-refractivity contribution in [3.63, 3.8) is 0 Å². The molecule has 0 saturated heterocycles. The van der Waals surface area contributed by atoms with Crippen LogP contribution in [0.15, 0.2) is 84.0 Å². The molecular weight excluding hydrogens is 481 g/mol. The molecule has 2 aromatic heterocycles. The van der Waals surface area contributed by atoms with Crippen LogP contribution in [0.25, 0.3) is 22.3 Å². The van der Waals surface area contributed by atoms with E-state index in [0.29, 0.717) is 33.4 Å². The second kappa shape index (κ2) is 10.4. The van der Waals surface area contributed by atoms with Crippen molar-refractivity contribution in [2.24, 2.45) is 12.8 Å². The first-order valence-corrected chi connectivity index (χ1v) is 11.5. The van der Waals surface area contributed by atoms with Crippen LogP contribution in [0.1, 0.15) is 40.0 Å². The van der Waals surface area contributed by atoms with E-state index in [0.717, 1.165) is 17.7 Å². The quantitative estimate of drug-likeness (QED) is 0.382. The molecule has 0 aliphatic heterocycles. The minimum atomic E-state index is -4.46. The molecule has 0 aliphatic carbocycles. The fourth-order valence-corrected chi connectivity index (χ4v) is 3.96. The van der Waals surface area contributed by atoms with E-state index in [9.17, 15) is 22.8 Å². The third kappa shape index (κ3) is 5.78. The molecule has 0 radical (unpaired) electrons. The average Bonchev–Trinajstić information content (AvgIpc) is 2.89. The molecule has 0 saturated carbocycles. The Morgan fingerprint density at radius 2 is 1.73 bits per heavy atom. The van der Waals surface area contributed by atoms with Gasteiger partial charge in [-0.25, -0.2) is 0 Å². The summed E-state index contributed by atoms with van der Waals surface area (Å²) in [6, 6.07) is 15.0. The lowest BCUT2D eigenvalue weighted by Crippen LogP contribution is -2.26. The van der Waals surface area contributed by atoms with E-state index in [-0.39, 0.29) is 24.1 Å². The first-order chi connectivity index (χ1) is 17.6. The molecule has 190 valence electrons. The number of nitrogens with two attached hydrogens (primary N) is 1. The Hall–Kier alpha value is -4.24. The van der Waals surface area contributed by atoms with Crippen LogP contribution in [-0.4, -0.2) is 15.5 Å². The highest BCUT2D eigenvalue weighted by Gasteiger charge is 2.31. The van der Waals surface area contributed by atoms with Crippen molar-refractivity contribution < 1.29 is 18.0 Å². The highest BCUT2D eigenvalue weighted by atomic mass is 19.4. The van der Waals surface area contributed by atoms with Crippen LogP contribution in [0.4, 0.5) is 13.2 Å². The molecule has 3 N–H and O–H groups in total. The summed E-state index contributed by atoms with van der Waals surface area (Å²) in [7, 11) is 1.65. The normalized spacial score (nSPS) is 12.3. The number of nitrogens with one attached hydrogen (secondary N) is 1. The van der Waals surface area contributed by atoms with Crippen molar-refractivity contribution >= 4 is 5.91 Å². The number of aryl methyl sites for hydroxylation is 1. The van der Waals surface area contributed by atoms with Gasteiger partial charge in [0.05, 0.1) is 17.2 Å². The van der Waals surface area contributed by atoms with Gasteiger partial charge in [0.15, 0.2) is 0 Å². The summed E-state index contributed by atoms with van der Waals surface area (Å²) in [6.45, 7) is 1.91. The Morgan fingerprint density at radius 3 is 2.38 bits per heavy atom. The minimum Gasteiger partial charge on any atom is -0.345 e. The number of nitrogens with zero attached hydrogens (tertiary/aromatic N) is 2. The lowest BCUT2D eigenvalue weighted by molar-refractivity contribution is -0.137. The molecule has 0 aliphatic rings. The summed E-state index contributed by atoms with van der Waals surface area (Å²) in [5.41, 5.74) is 8.84. The summed E-state index contributed by atoms with van der Waals surface area (Å²) >= 11 is 0. The maximum atomic E-state index is 13.2. The van der Waals surface area contributed by atoms with Crippen molar-refractivity contribution in [2.75, 3.05) is 0 Å². The second-order valence-electron chi connectivity index (χ2n) is 8.72. The number of hydrogen-bond acceptors (Lipinski definition) is 4. The standard InChI is InChI=1S/C28H25F3N4O2/c1-17(34-27(37)23-11-22(15-33-16-23)20-9-10-35(2)26(36)12-20)18-3-5-19(6-4-18)25-13-24(28(29,30)31)8-7-21(25)14-32/h3-13,15-17H,14,32H2,1-2H3,(H,34,37)/t17-/m1/s1. The summed E-state index contributed by atoms with van der Waals surface area (Å²) in [5, 5.41) is 2.91. The first kappa shape index (κ1) is 25.8. The number of hydrogen-bond donors (Lipinski definition) is 2. The van der Waals surface area contributed by atoms with Gasteiger partial charge in [-0.15, -0.1) is 0 Å². The number of alkyl halides is 3. The van der Waals surface area contributed by atoms with Crippen LogP contribution >= 0.6 is 0 Å². The Kier molecular flexibility index (Phi) is 7.26. The van der Waals surface area contributed by atoms with Crippen LogP contribution in [0, 0.1) is 0 Å². The first-order valence-electron chi connectivity index (χ1n) is 11.5. The third-order valence-corrected chi connectivity index (χ3v) is 6.16. The van der Waals surface area contributed by atoms with E-state index < -0.39 is 11.7 Å². The molecule has 2 heterocycles. The highest BCUT2D eigenvalue weighted by Crippen LogP contribution is 2.34. The second-order valence-corrected chi connectivity index (χ2v) is 8.72. The van der Waals surface area contributed by atoms with Gasteiger partial charge in [0.25, 0.3) is 11.5 Å². The zero-order valence-electron chi connectivity index (χ0n) is 20.2. The number of aromatic nitrogens is 2. The fraction of sp³-hybridized carbons (Fsp3) is 0.179. The van der Waals surface area contributed by atoms with E-state index in [1.165, 1.54) is 22.9 Å². The fourth-order valence-electron chi connectivity index (χ4n) is 3.96. The average molecular weight is 507 g/mol. The van der Waals surface area contributed by atoms with Gasteiger partial charge in [0.2, 0.25) is 0 Å². The number of pyridine rings is 2. The van der Waals surface area contributed by atoms with Crippen LogP contribution in [0.3, 0.4) is 0 Å². The molecule has 0 spiro atoms. The molecule has 1 amide bonds. The molecule has 4 aromatic rings. The van der Waals surface area contributed by atoms with Gasteiger partial charge < -0.3 is 15.6 Å². The number of rotatable bonds is 6. The monoisotopic (exact) mass is 506 g/mol. The largest absolute Gasteiger partial charge is 0.416 e. The molecule has 9 heteroatoms. The van der Waals surface area contributed by atoms with E-state index in [1.807, 2.05) is 0 Å². The summed E-state index contributed by atoms with van der Waals surface area (Å²) < 4.78 is 41.1. The van der Waals surface area contributed by atoms with Crippen LogP contribution in [0.2, 0.25) is 0 Å². The molecular formula is C28H25F3N4O2. The van der Waals surface area contributed by atoms with Crippen molar-refractivity contribution in [1.82, 2.24) is 14.9 Å². The van der Waals surface area contributed by atoms with Crippen LogP contribution < -0.4 is 16.6 Å². The maximum Gasteiger partial charge on any atom is 0.416 e. The van der Waals surface area contributed by atoms with Crippen molar-refractivity contribution in [3.05, 3.63) is 112 Å². The molecule has 0 unspecified atom stereocenters. The Bertz CT molecular complexity index is 1490. The summed E-state index contributed by atoms with van der Waals surface area (Å²) in [4.78, 5) is 29.0. The topological polar surface area (TPSA) is 90.0 Å². The van der Waals surface area contributed by atoms with E-state index >= 15 is 0 Å². The molecule has 0 fully saturated rings. The van der Waals surface area contributed by atoms with E-state index in [1.54, 1.807) is 62.8 Å².